The van der Waals surface area contributed by atoms with Crippen molar-refractivity contribution in [2.75, 3.05) is 0 Å². The van der Waals surface area contributed by atoms with Crippen LogP contribution in [0.1, 0.15) is 26.2 Å². The lowest BCUT2D eigenvalue weighted by Gasteiger charge is -2.12. The average Bonchev–Trinajstić information content (AvgIpc) is 2.35. The number of hydrogen-bond donors (Lipinski definition) is 0. The molecule has 0 amide bonds. The van der Waals surface area contributed by atoms with Crippen molar-refractivity contribution >= 4 is 22.6 Å². The van der Waals surface area contributed by atoms with Gasteiger partial charge in [0.2, 0.25) is 0 Å². The van der Waals surface area contributed by atoms with Crippen LogP contribution in [0, 0.1) is 5.92 Å². The van der Waals surface area contributed by atoms with E-state index < -0.39 is 0 Å². The normalized spacial score (nSPS) is 53.4. The summed E-state index contributed by atoms with van der Waals surface area (Å²) in [5.74, 6) is 0.900. The van der Waals surface area contributed by atoms with Gasteiger partial charge in [-0.25, -0.2) is 0 Å². The van der Waals surface area contributed by atoms with Crippen molar-refractivity contribution in [3.05, 3.63) is 0 Å². The van der Waals surface area contributed by atoms with Crippen LogP contribution in [0.5, 0.6) is 0 Å². The van der Waals surface area contributed by atoms with E-state index >= 15 is 0 Å². The molecular formula is C8H13IO. The Labute approximate surface area is 75.7 Å². The van der Waals surface area contributed by atoms with Gasteiger partial charge in [-0.15, -0.1) is 0 Å². The first-order valence-electron chi connectivity index (χ1n) is 4.07. The molecule has 2 aliphatic rings. The first-order valence-corrected chi connectivity index (χ1v) is 5.31. The van der Waals surface area contributed by atoms with Crippen molar-refractivity contribution in [1.82, 2.24) is 0 Å². The Morgan fingerprint density at radius 2 is 2.20 bits per heavy atom. The number of ether oxygens (including phenoxy) is 1. The van der Waals surface area contributed by atoms with Gasteiger partial charge in [0.05, 0.1) is 12.2 Å². The SMILES string of the molecule is CC1C[C@H]2CC[C@@H](I)[C@H]2O1. The molecule has 2 fully saturated rings. The highest BCUT2D eigenvalue weighted by atomic mass is 127. The van der Waals surface area contributed by atoms with Crippen LogP contribution in [-0.2, 0) is 4.74 Å². The van der Waals surface area contributed by atoms with E-state index in [4.69, 9.17) is 4.74 Å². The summed E-state index contributed by atoms with van der Waals surface area (Å²) in [6, 6.07) is 0. The Hall–Kier alpha value is 0.690. The van der Waals surface area contributed by atoms with E-state index in [1.54, 1.807) is 0 Å². The number of hydrogen-bond acceptors (Lipinski definition) is 1. The van der Waals surface area contributed by atoms with Crippen LogP contribution in [0.4, 0.5) is 0 Å². The number of alkyl halides is 1. The maximum Gasteiger partial charge on any atom is 0.0725 e. The third-order valence-corrected chi connectivity index (χ3v) is 3.99. The zero-order valence-electron chi connectivity index (χ0n) is 6.22. The fourth-order valence-corrected chi connectivity index (χ4v) is 3.31. The first-order chi connectivity index (χ1) is 4.77. The molecular weight excluding hydrogens is 239 g/mol. The fourth-order valence-electron chi connectivity index (χ4n) is 2.20. The van der Waals surface area contributed by atoms with Crippen molar-refractivity contribution in [3.8, 4) is 0 Å². The maximum atomic E-state index is 5.79. The molecule has 0 N–H and O–H groups in total. The van der Waals surface area contributed by atoms with Crippen LogP contribution in [0.15, 0.2) is 0 Å². The Bertz CT molecular complexity index is 137. The molecule has 1 saturated carbocycles. The zero-order chi connectivity index (χ0) is 7.14. The predicted molar refractivity (Wildman–Crippen MR) is 49.5 cm³/mol. The second-order valence-electron chi connectivity index (χ2n) is 3.50. The van der Waals surface area contributed by atoms with Crippen LogP contribution in [0.2, 0.25) is 0 Å². The quantitative estimate of drug-likeness (QED) is 0.475. The molecule has 4 atom stereocenters. The van der Waals surface area contributed by atoms with Crippen LogP contribution in [-0.4, -0.2) is 16.1 Å². The van der Waals surface area contributed by atoms with Crippen molar-refractivity contribution in [3.63, 3.8) is 0 Å². The second-order valence-corrected chi connectivity index (χ2v) is 5.10. The Kier molecular flexibility index (Phi) is 1.93. The highest BCUT2D eigenvalue weighted by molar-refractivity contribution is 14.1. The molecule has 1 unspecified atom stereocenters. The van der Waals surface area contributed by atoms with E-state index in [2.05, 4.69) is 29.5 Å². The van der Waals surface area contributed by atoms with Crippen LogP contribution in [0.25, 0.3) is 0 Å². The van der Waals surface area contributed by atoms with Gasteiger partial charge in [-0.1, -0.05) is 22.6 Å². The van der Waals surface area contributed by atoms with E-state index in [0.29, 0.717) is 12.2 Å². The summed E-state index contributed by atoms with van der Waals surface area (Å²) in [5, 5.41) is 0. The molecule has 0 bridgehead atoms. The molecule has 10 heavy (non-hydrogen) atoms. The Morgan fingerprint density at radius 1 is 1.40 bits per heavy atom. The summed E-state index contributed by atoms with van der Waals surface area (Å²) in [4.78, 5) is 0. The summed E-state index contributed by atoms with van der Waals surface area (Å²) < 4.78 is 6.59. The summed E-state index contributed by atoms with van der Waals surface area (Å²) >= 11 is 2.53. The minimum Gasteiger partial charge on any atom is -0.374 e. The standard InChI is InChI=1S/C8H13IO/c1-5-4-6-2-3-7(9)8(6)10-5/h5-8H,2-4H2,1H3/t5?,6-,7-,8+/m1/s1. The van der Waals surface area contributed by atoms with Gasteiger partial charge >= 0.3 is 0 Å². The molecule has 1 aliphatic heterocycles. The molecule has 1 aliphatic carbocycles. The first kappa shape index (κ1) is 7.35. The van der Waals surface area contributed by atoms with Crippen LogP contribution in [0.3, 0.4) is 0 Å². The van der Waals surface area contributed by atoms with Crippen molar-refractivity contribution < 1.29 is 4.74 Å². The maximum absolute atomic E-state index is 5.79. The molecule has 1 heterocycles. The smallest absolute Gasteiger partial charge is 0.0725 e. The van der Waals surface area contributed by atoms with E-state index in [1.807, 2.05) is 0 Å². The monoisotopic (exact) mass is 252 g/mol. The predicted octanol–water partition coefficient (Wildman–Crippen LogP) is 2.38. The highest BCUT2D eigenvalue weighted by Gasteiger charge is 2.41. The molecule has 0 spiro atoms. The molecule has 0 aromatic heterocycles. The van der Waals surface area contributed by atoms with Crippen LogP contribution >= 0.6 is 22.6 Å². The molecule has 0 aromatic carbocycles. The summed E-state index contributed by atoms with van der Waals surface area (Å²) in [6.07, 6.45) is 5.23. The molecule has 1 saturated heterocycles. The molecule has 2 rings (SSSR count). The van der Waals surface area contributed by atoms with Gasteiger partial charge in [-0.2, -0.15) is 0 Å². The van der Waals surface area contributed by atoms with Crippen molar-refractivity contribution in [2.45, 2.75) is 42.3 Å². The molecule has 1 nitrogen and oxygen atoms in total. The minimum atomic E-state index is 0.535. The van der Waals surface area contributed by atoms with Gasteiger partial charge in [0.15, 0.2) is 0 Å². The van der Waals surface area contributed by atoms with Gasteiger partial charge in [-0.05, 0) is 32.1 Å². The fraction of sp³-hybridized carbons (Fsp3) is 1.00. The molecule has 58 valence electrons. The summed E-state index contributed by atoms with van der Waals surface area (Å²) in [6.45, 7) is 2.20. The van der Waals surface area contributed by atoms with Crippen molar-refractivity contribution in [2.24, 2.45) is 5.92 Å². The number of fused-ring (bicyclic) bond motifs is 1. The third-order valence-electron chi connectivity index (χ3n) is 2.66. The molecule has 2 heteroatoms. The zero-order valence-corrected chi connectivity index (χ0v) is 8.37. The number of halogens is 1. The molecule has 0 aromatic rings. The van der Waals surface area contributed by atoms with E-state index in [9.17, 15) is 0 Å². The van der Waals surface area contributed by atoms with E-state index in [1.165, 1.54) is 19.3 Å². The van der Waals surface area contributed by atoms with E-state index in [-0.39, 0.29) is 0 Å². The lowest BCUT2D eigenvalue weighted by atomic mass is 10.0. The van der Waals surface area contributed by atoms with Crippen molar-refractivity contribution in [1.29, 1.82) is 0 Å². The van der Waals surface area contributed by atoms with Crippen LogP contribution < -0.4 is 0 Å². The van der Waals surface area contributed by atoms with Gasteiger partial charge in [0, 0.05) is 3.92 Å². The van der Waals surface area contributed by atoms with Gasteiger partial charge < -0.3 is 4.74 Å². The lowest BCUT2D eigenvalue weighted by Crippen LogP contribution is -2.18. The Morgan fingerprint density at radius 3 is 2.90 bits per heavy atom. The average molecular weight is 252 g/mol. The van der Waals surface area contributed by atoms with Gasteiger partial charge in [-0.3, -0.25) is 0 Å². The summed E-state index contributed by atoms with van der Waals surface area (Å²) in [7, 11) is 0. The molecule has 0 radical (unpaired) electrons. The number of rotatable bonds is 0. The van der Waals surface area contributed by atoms with Gasteiger partial charge in [0.1, 0.15) is 0 Å². The Balaban J connectivity index is 2.05. The lowest BCUT2D eigenvalue weighted by molar-refractivity contribution is 0.0568. The highest BCUT2D eigenvalue weighted by Crippen LogP contribution is 2.42. The largest absolute Gasteiger partial charge is 0.374 e. The topological polar surface area (TPSA) is 9.23 Å². The van der Waals surface area contributed by atoms with Gasteiger partial charge in [0.25, 0.3) is 0 Å². The second kappa shape index (κ2) is 2.63. The minimum absolute atomic E-state index is 0.535. The van der Waals surface area contributed by atoms with E-state index in [0.717, 1.165) is 9.84 Å². The summed E-state index contributed by atoms with van der Waals surface area (Å²) in [5.41, 5.74) is 0. The third kappa shape index (κ3) is 1.09.